The third-order valence-electron chi connectivity index (χ3n) is 1.38. The molecule has 0 aliphatic carbocycles. The second-order valence-electron chi connectivity index (χ2n) is 2.18. The van der Waals surface area contributed by atoms with Crippen molar-refractivity contribution in [1.29, 1.82) is 0 Å². The van der Waals surface area contributed by atoms with Gasteiger partial charge in [-0.2, -0.15) is 0 Å². The summed E-state index contributed by atoms with van der Waals surface area (Å²) in [5, 5.41) is 1.18. The molecule has 1 heterocycles. The highest BCUT2D eigenvalue weighted by Gasteiger charge is 2.26. The van der Waals surface area contributed by atoms with E-state index in [9.17, 15) is 9.59 Å². The topological polar surface area (TPSA) is 52.6 Å². The monoisotopic (exact) mass is 143 g/mol. The van der Waals surface area contributed by atoms with E-state index in [1.165, 1.54) is 17.0 Å². The maximum Gasteiger partial charge on any atom is 0.325 e. The predicted octanol–water partition coefficient (Wildman–Crippen LogP) is -1.62. The average Bonchev–Trinajstić information content (AvgIpc) is 1.93. The van der Waals surface area contributed by atoms with Gasteiger partial charge in [-0.05, 0) is 0 Å². The second-order valence-corrected chi connectivity index (χ2v) is 2.18. The van der Waals surface area contributed by atoms with Gasteiger partial charge < -0.3 is 4.90 Å². The predicted molar refractivity (Wildman–Crippen MR) is 33.5 cm³/mol. The lowest BCUT2D eigenvalue weighted by molar-refractivity contribution is -0.157. The van der Waals surface area contributed by atoms with E-state index < -0.39 is 11.8 Å². The number of hydrogen-bond donors (Lipinski definition) is 1. The highest BCUT2D eigenvalue weighted by molar-refractivity contribution is 6.35. The van der Waals surface area contributed by atoms with Crippen LogP contribution in [-0.4, -0.2) is 42.5 Å². The molecule has 2 amide bonds. The second kappa shape index (κ2) is 2.26. The van der Waals surface area contributed by atoms with Crippen molar-refractivity contribution in [3.63, 3.8) is 0 Å². The van der Waals surface area contributed by atoms with Crippen LogP contribution in [0.1, 0.15) is 0 Å². The minimum absolute atomic E-state index is 0.390. The Kier molecular flexibility index (Phi) is 1.58. The van der Waals surface area contributed by atoms with Crippen LogP contribution >= 0.6 is 0 Å². The Morgan fingerprint density at radius 1 is 1.30 bits per heavy atom. The quantitative estimate of drug-likeness (QED) is 0.415. The fraction of sp³-hybridized carbons (Fsp3) is 0.600. The van der Waals surface area contributed by atoms with Crippen LogP contribution in [0.5, 0.6) is 0 Å². The molecule has 0 aromatic carbocycles. The summed E-state index contributed by atoms with van der Waals surface area (Å²) in [7, 11) is 3.09. The molecule has 1 aliphatic heterocycles. The number of likely N-dealkylation sites (N-methyl/N-ethyl adjacent to an activating group) is 2. The fourth-order valence-electron chi connectivity index (χ4n) is 0.662. The van der Waals surface area contributed by atoms with E-state index in [-0.39, 0.29) is 0 Å². The zero-order chi connectivity index (χ0) is 7.72. The average molecular weight is 143 g/mol. The van der Waals surface area contributed by atoms with E-state index in [2.05, 4.69) is 5.43 Å². The highest BCUT2D eigenvalue weighted by Crippen LogP contribution is 1.93. The minimum atomic E-state index is -0.520. The van der Waals surface area contributed by atoms with Crippen molar-refractivity contribution >= 4 is 11.8 Å². The molecule has 1 saturated heterocycles. The van der Waals surface area contributed by atoms with Crippen molar-refractivity contribution < 1.29 is 9.59 Å². The summed E-state index contributed by atoms with van der Waals surface area (Å²) in [6.45, 7) is 0.390. The molecule has 0 unspecified atom stereocenters. The molecule has 5 nitrogen and oxygen atoms in total. The van der Waals surface area contributed by atoms with Gasteiger partial charge in [0.2, 0.25) is 0 Å². The maximum absolute atomic E-state index is 10.8. The third-order valence-corrected chi connectivity index (χ3v) is 1.38. The zero-order valence-electron chi connectivity index (χ0n) is 5.92. The van der Waals surface area contributed by atoms with Crippen LogP contribution in [0.15, 0.2) is 0 Å². The van der Waals surface area contributed by atoms with Gasteiger partial charge in [0.1, 0.15) is 0 Å². The molecule has 0 bridgehead atoms. The van der Waals surface area contributed by atoms with Crippen molar-refractivity contribution in [1.82, 2.24) is 15.3 Å². The number of nitrogens with zero attached hydrogens (tertiary/aromatic N) is 2. The van der Waals surface area contributed by atoms with Crippen molar-refractivity contribution in [3.8, 4) is 0 Å². The lowest BCUT2D eigenvalue weighted by Gasteiger charge is -2.29. The van der Waals surface area contributed by atoms with Crippen LogP contribution in [-0.2, 0) is 9.59 Å². The molecule has 5 heteroatoms. The number of nitrogens with one attached hydrogen (secondary N) is 1. The van der Waals surface area contributed by atoms with Gasteiger partial charge in [0.15, 0.2) is 0 Å². The number of carbonyl (C=O) groups is 2. The molecule has 1 fully saturated rings. The van der Waals surface area contributed by atoms with Crippen LogP contribution in [0.4, 0.5) is 0 Å². The number of hydrazine groups is 1. The Bertz CT molecular complexity index is 160. The summed E-state index contributed by atoms with van der Waals surface area (Å²) in [6.07, 6.45) is 0. The standard InChI is InChI=1S/C5H9N3O2/c1-7-3-6-8(2)5(10)4(7)9/h6H,3H2,1-2H3. The van der Waals surface area contributed by atoms with Gasteiger partial charge in [0, 0.05) is 14.1 Å². The SMILES string of the molecule is CN1CNN(C)C(=O)C1=O. The molecule has 0 aromatic heterocycles. The Morgan fingerprint density at radius 3 is 2.40 bits per heavy atom. The third kappa shape index (κ3) is 0.950. The van der Waals surface area contributed by atoms with Gasteiger partial charge in [-0.25, -0.2) is 5.43 Å². The molecule has 0 radical (unpaired) electrons. The Balaban J connectivity index is 2.70. The molecular weight excluding hydrogens is 134 g/mol. The van der Waals surface area contributed by atoms with Crippen molar-refractivity contribution in [2.45, 2.75) is 0 Å². The summed E-state index contributed by atoms with van der Waals surface area (Å²) in [5.41, 5.74) is 2.70. The van der Waals surface area contributed by atoms with E-state index in [1.807, 2.05) is 0 Å². The fourth-order valence-corrected chi connectivity index (χ4v) is 0.662. The smallest absolute Gasteiger partial charge is 0.323 e. The molecule has 10 heavy (non-hydrogen) atoms. The molecule has 0 aromatic rings. The van der Waals surface area contributed by atoms with Crippen LogP contribution in [0, 0.1) is 0 Å². The molecule has 0 atom stereocenters. The van der Waals surface area contributed by atoms with Gasteiger partial charge in [-0.1, -0.05) is 0 Å². The summed E-state index contributed by atoms with van der Waals surface area (Å²) >= 11 is 0. The van der Waals surface area contributed by atoms with Crippen LogP contribution in [0.2, 0.25) is 0 Å². The molecular formula is C5H9N3O2. The molecule has 1 aliphatic rings. The Morgan fingerprint density at radius 2 is 1.90 bits per heavy atom. The summed E-state index contributed by atoms with van der Waals surface area (Å²) < 4.78 is 0. The molecule has 0 spiro atoms. The van der Waals surface area contributed by atoms with Gasteiger partial charge in [0.05, 0.1) is 6.67 Å². The van der Waals surface area contributed by atoms with E-state index in [1.54, 1.807) is 7.05 Å². The van der Waals surface area contributed by atoms with Crippen molar-refractivity contribution in [2.75, 3.05) is 20.8 Å². The minimum Gasteiger partial charge on any atom is -0.323 e. The Hall–Kier alpha value is -1.10. The van der Waals surface area contributed by atoms with Crippen LogP contribution in [0.25, 0.3) is 0 Å². The van der Waals surface area contributed by atoms with Gasteiger partial charge in [-0.3, -0.25) is 14.6 Å². The summed E-state index contributed by atoms with van der Waals surface area (Å²) in [5.74, 6) is -0.991. The lowest BCUT2D eigenvalue weighted by Crippen LogP contribution is -2.57. The Labute approximate surface area is 58.6 Å². The van der Waals surface area contributed by atoms with Gasteiger partial charge >= 0.3 is 11.8 Å². The summed E-state index contributed by atoms with van der Waals surface area (Å²) in [4.78, 5) is 23.0. The molecule has 56 valence electrons. The van der Waals surface area contributed by atoms with Crippen molar-refractivity contribution in [3.05, 3.63) is 0 Å². The molecule has 1 N–H and O–H groups in total. The van der Waals surface area contributed by atoms with Gasteiger partial charge in [-0.15, -0.1) is 0 Å². The first-order valence-electron chi connectivity index (χ1n) is 2.89. The first-order valence-corrected chi connectivity index (χ1v) is 2.89. The molecule has 0 saturated carbocycles. The van der Waals surface area contributed by atoms with Gasteiger partial charge in [0.25, 0.3) is 0 Å². The van der Waals surface area contributed by atoms with Crippen LogP contribution < -0.4 is 5.43 Å². The first kappa shape index (κ1) is 7.01. The van der Waals surface area contributed by atoms with Crippen molar-refractivity contribution in [2.24, 2.45) is 0 Å². The molecule has 1 rings (SSSR count). The largest absolute Gasteiger partial charge is 0.325 e. The zero-order valence-corrected chi connectivity index (χ0v) is 5.92. The van der Waals surface area contributed by atoms with E-state index in [4.69, 9.17) is 0 Å². The van der Waals surface area contributed by atoms with E-state index in [0.29, 0.717) is 6.67 Å². The van der Waals surface area contributed by atoms with E-state index in [0.717, 1.165) is 0 Å². The highest BCUT2D eigenvalue weighted by atomic mass is 16.2. The maximum atomic E-state index is 10.8. The number of carbonyl (C=O) groups excluding carboxylic acids is 2. The lowest BCUT2D eigenvalue weighted by atomic mass is 10.4. The summed E-state index contributed by atoms with van der Waals surface area (Å²) in [6, 6.07) is 0. The normalized spacial score (nSPS) is 20.2. The number of rotatable bonds is 0. The van der Waals surface area contributed by atoms with Crippen LogP contribution in [0.3, 0.4) is 0 Å². The van der Waals surface area contributed by atoms with E-state index >= 15 is 0 Å². The number of hydrogen-bond acceptors (Lipinski definition) is 3. The first-order chi connectivity index (χ1) is 4.63. The number of amides is 2.